The lowest BCUT2D eigenvalue weighted by Gasteiger charge is -2.26. The summed E-state index contributed by atoms with van der Waals surface area (Å²) in [6.45, 7) is 1.61. The third-order valence-corrected chi connectivity index (χ3v) is 7.00. The van der Waals surface area contributed by atoms with Gasteiger partial charge >= 0.3 is 0 Å². The molecule has 0 bridgehead atoms. The van der Waals surface area contributed by atoms with Gasteiger partial charge in [-0.3, -0.25) is 4.79 Å². The molecular weight excluding hydrogens is 372 g/mol. The number of likely N-dealkylation sites (tertiary alicyclic amines) is 1. The van der Waals surface area contributed by atoms with Crippen molar-refractivity contribution >= 4 is 15.9 Å². The second kappa shape index (κ2) is 9.85. The van der Waals surface area contributed by atoms with Crippen LogP contribution in [0.3, 0.4) is 0 Å². The van der Waals surface area contributed by atoms with Gasteiger partial charge in [0.15, 0.2) is 0 Å². The van der Waals surface area contributed by atoms with Gasteiger partial charge in [0.1, 0.15) is 0 Å². The fraction of sp³-hybridized carbons (Fsp3) is 0.409. The van der Waals surface area contributed by atoms with E-state index in [2.05, 4.69) is 0 Å². The lowest BCUT2D eigenvalue weighted by atomic mass is 10.1. The number of sulfonamides is 1. The molecule has 1 amide bonds. The van der Waals surface area contributed by atoms with Crippen LogP contribution in [-0.4, -0.2) is 49.7 Å². The Kier molecular flexibility index (Phi) is 7.23. The van der Waals surface area contributed by atoms with Crippen LogP contribution in [0.15, 0.2) is 65.6 Å². The van der Waals surface area contributed by atoms with Crippen molar-refractivity contribution in [3.63, 3.8) is 0 Å². The molecule has 2 aromatic carbocycles. The fourth-order valence-electron chi connectivity index (χ4n) is 3.50. The molecule has 1 aliphatic heterocycles. The number of carbonyl (C=O) groups excluding carboxylic acids is 1. The average Bonchev–Trinajstić information content (AvgIpc) is 3.02. The zero-order chi connectivity index (χ0) is 19.8. The molecule has 0 unspecified atom stereocenters. The minimum absolute atomic E-state index is 0.102. The van der Waals surface area contributed by atoms with E-state index in [0.29, 0.717) is 6.42 Å². The average molecular weight is 401 g/mol. The van der Waals surface area contributed by atoms with Gasteiger partial charge in [0, 0.05) is 19.6 Å². The zero-order valence-corrected chi connectivity index (χ0v) is 17.0. The summed E-state index contributed by atoms with van der Waals surface area (Å²) in [6, 6.07) is 18.1. The molecule has 2 aromatic rings. The highest BCUT2D eigenvalue weighted by atomic mass is 32.2. The molecule has 0 N–H and O–H groups in total. The first-order valence-electron chi connectivity index (χ1n) is 9.94. The number of hydrogen-bond donors (Lipinski definition) is 0. The lowest BCUT2D eigenvalue weighted by Crippen LogP contribution is -2.44. The van der Waals surface area contributed by atoms with Crippen LogP contribution in [0.1, 0.15) is 31.2 Å². The predicted molar refractivity (Wildman–Crippen MR) is 110 cm³/mol. The van der Waals surface area contributed by atoms with Crippen molar-refractivity contribution in [3.05, 3.63) is 66.2 Å². The maximum Gasteiger partial charge on any atom is 0.243 e. The summed E-state index contributed by atoms with van der Waals surface area (Å²) < 4.78 is 27.7. The van der Waals surface area contributed by atoms with Crippen LogP contribution in [-0.2, 0) is 21.2 Å². The predicted octanol–water partition coefficient (Wildman–Crippen LogP) is 3.32. The first-order chi connectivity index (χ1) is 13.6. The largest absolute Gasteiger partial charge is 0.342 e. The minimum Gasteiger partial charge on any atom is -0.342 e. The SMILES string of the molecule is O=C(CN(CCc1ccccc1)S(=O)(=O)c1ccccc1)N1CCCCCC1. The molecule has 1 heterocycles. The van der Waals surface area contributed by atoms with E-state index >= 15 is 0 Å². The number of carbonyl (C=O) groups is 1. The highest BCUT2D eigenvalue weighted by molar-refractivity contribution is 7.89. The monoisotopic (exact) mass is 400 g/mol. The van der Waals surface area contributed by atoms with Gasteiger partial charge in [-0.2, -0.15) is 4.31 Å². The Labute approximate surface area is 168 Å². The first-order valence-corrected chi connectivity index (χ1v) is 11.4. The molecule has 3 rings (SSSR count). The molecule has 0 radical (unpaired) electrons. The van der Waals surface area contributed by atoms with Gasteiger partial charge in [-0.25, -0.2) is 8.42 Å². The van der Waals surface area contributed by atoms with Crippen molar-refractivity contribution in [2.24, 2.45) is 0 Å². The van der Waals surface area contributed by atoms with Gasteiger partial charge in [-0.05, 0) is 37.0 Å². The number of nitrogens with zero attached hydrogens (tertiary/aromatic N) is 2. The number of rotatable bonds is 7. The molecule has 1 fully saturated rings. The van der Waals surface area contributed by atoms with Crippen LogP contribution in [0, 0.1) is 0 Å². The van der Waals surface area contributed by atoms with Crippen LogP contribution in [0.25, 0.3) is 0 Å². The molecule has 0 atom stereocenters. The molecule has 1 saturated heterocycles. The highest BCUT2D eigenvalue weighted by Crippen LogP contribution is 2.17. The minimum atomic E-state index is -3.73. The van der Waals surface area contributed by atoms with Gasteiger partial charge in [-0.15, -0.1) is 0 Å². The second-order valence-corrected chi connectivity index (χ2v) is 9.12. The van der Waals surface area contributed by atoms with Crippen LogP contribution in [0.4, 0.5) is 0 Å². The topological polar surface area (TPSA) is 57.7 Å². The van der Waals surface area contributed by atoms with Gasteiger partial charge < -0.3 is 4.90 Å². The highest BCUT2D eigenvalue weighted by Gasteiger charge is 2.28. The number of hydrogen-bond acceptors (Lipinski definition) is 3. The first kappa shape index (κ1) is 20.6. The lowest BCUT2D eigenvalue weighted by molar-refractivity contribution is -0.131. The summed E-state index contributed by atoms with van der Waals surface area (Å²) >= 11 is 0. The van der Waals surface area contributed by atoms with Crippen LogP contribution in [0.5, 0.6) is 0 Å². The Hall–Kier alpha value is -2.18. The molecule has 150 valence electrons. The van der Waals surface area contributed by atoms with Crippen LogP contribution in [0.2, 0.25) is 0 Å². The summed E-state index contributed by atoms with van der Waals surface area (Å²) in [5, 5.41) is 0. The number of benzene rings is 2. The Morgan fingerprint density at radius 2 is 1.43 bits per heavy atom. The van der Waals surface area contributed by atoms with E-state index in [0.717, 1.165) is 44.3 Å². The number of amides is 1. The van der Waals surface area contributed by atoms with Crippen molar-refractivity contribution in [1.29, 1.82) is 0 Å². The molecule has 1 aliphatic rings. The van der Waals surface area contributed by atoms with Crippen molar-refractivity contribution < 1.29 is 13.2 Å². The Morgan fingerprint density at radius 1 is 0.857 bits per heavy atom. The van der Waals surface area contributed by atoms with Gasteiger partial charge in [0.05, 0.1) is 11.4 Å². The summed E-state index contributed by atoms with van der Waals surface area (Å²) in [6.07, 6.45) is 4.80. The Bertz CT molecular complexity index is 846. The maximum absolute atomic E-state index is 13.2. The third kappa shape index (κ3) is 5.42. The summed E-state index contributed by atoms with van der Waals surface area (Å²) in [5.41, 5.74) is 1.05. The second-order valence-electron chi connectivity index (χ2n) is 7.18. The van der Waals surface area contributed by atoms with Crippen molar-refractivity contribution in [3.8, 4) is 0 Å². The molecule has 28 heavy (non-hydrogen) atoms. The Morgan fingerprint density at radius 3 is 2.04 bits per heavy atom. The molecule has 5 nitrogen and oxygen atoms in total. The van der Waals surface area contributed by atoms with E-state index in [9.17, 15) is 13.2 Å². The molecular formula is C22H28N2O3S. The fourth-order valence-corrected chi connectivity index (χ4v) is 4.91. The normalized spacial score (nSPS) is 15.4. The van der Waals surface area contributed by atoms with Crippen LogP contribution < -0.4 is 0 Å². The van der Waals surface area contributed by atoms with E-state index in [1.165, 1.54) is 4.31 Å². The molecule has 0 aromatic heterocycles. The van der Waals surface area contributed by atoms with Crippen molar-refractivity contribution in [2.45, 2.75) is 37.0 Å². The van der Waals surface area contributed by atoms with E-state index in [1.807, 2.05) is 35.2 Å². The smallest absolute Gasteiger partial charge is 0.243 e. The van der Waals surface area contributed by atoms with Gasteiger partial charge in [0.25, 0.3) is 0 Å². The van der Waals surface area contributed by atoms with Gasteiger partial charge in [0.2, 0.25) is 15.9 Å². The standard InChI is InChI=1S/C22H28N2O3S/c25-22(23-16-9-1-2-10-17-23)19-24(18-15-20-11-5-3-6-12-20)28(26,27)21-13-7-4-8-14-21/h3-8,11-14H,1-2,9-10,15-19H2. The van der Waals surface area contributed by atoms with E-state index in [4.69, 9.17) is 0 Å². The summed E-state index contributed by atoms with van der Waals surface area (Å²) in [7, 11) is -3.73. The summed E-state index contributed by atoms with van der Waals surface area (Å²) in [4.78, 5) is 14.9. The molecule has 0 spiro atoms. The van der Waals surface area contributed by atoms with E-state index in [-0.39, 0.29) is 23.9 Å². The Balaban J connectivity index is 1.78. The van der Waals surface area contributed by atoms with Gasteiger partial charge in [-0.1, -0.05) is 61.4 Å². The quantitative estimate of drug-likeness (QED) is 0.716. The summed E-state index contributed by atoms with van der Waals surface area (Å²) in [5.74, 6) is -0.102. The molecule has 0 saturated carbocycles. The van der Waals surface area contributed by atoms with E-state index in [1.54, 1.807) is 30.3 Å². The third-order valence-electron chi connectivity index (χ3n) is 5.14. The van der Waals surface area contributed by atoms with Crippen molar-refractivity contribution in [2.75, 3.05) is 26.2 Å². The van der Waals surface area contributed by atoms with E-state index < -0.39 is 10.0 Å². The van der Waals surface area contributed by atoms with Crippen molar-refractivity contribution in [1.82, 2.24) is 9.21 Å². The zero-order valence-electron chi connectivity index (χ0n) is 16.2. The van der Waals surface area contributed by atoms with Crippen LogP contribution >= 0.6 is 0 Å². The molecule has 0 aliphatic carbocycles. The maximum atomic E-state index is 13.2. The molecule has 6 heteroatoms.